The van der Waals surface area contributed by atoms with Crippen LogP contribution in [0.1, 0.15) is 85.5 Å². The predicted molar refractivity (Wildman–Crippen MR) is 165 cm³/mol. The van der Waals surface area contributed by atoms with Gasteiger partial charge in [0.25, 0.3) is 0 Å². The number of carbonyl (C=O) groups is 1. The Kier molecular flexibility index (Phi) is 9.85. The number of allylic oxidation sites excluding steroid dienone is 10. The number of hydrogen-bond donors (Lipinski definition) is 4. The highest BCUT2D eigenvalue weighted by Crippen LogP contribution is 2.66. The van der Waals surface area contributed by atoms with Crippen LogP contribution in [0.4, 0.5) is 0 Å². The Morgan fingerprint density at radius 3 is 2.44 bits per heavy atom. The van der Waals surface area contributed by atoms with Crippen molar-refractivity contribution in [1.29, 1.82) is 0 Å². The number of aldehydes is 1. The van der Waals surface area contributed by atoms with Crippen molar-refractivity contribution in [3.63, 3.8) is 0 Å². The highest BCUT2D eigenvalue weighted by Gasteiger charge is 2.67. The van der Waals surface area contributed by atoms with E-state index in [1.807, 2.05) is 26.0 Å². The third-order valence-electron chi connectivity index (χ3n) is 11.2. The summed E-state index contributed by atoms with van der Waals surface area (Å²) >= 11 is 0. The van der Waals surface area contributed by atoms with Crippen LogP contribution in [0.2, 0.25) is 0 Å². The maximum Gasteiger partial charge on any atom is 0.145 e. The Labute approximate surface area is 247 Å². The van der Waals surface area contributed by atoms with Crippen molar-refractivity contribution >= 4 is 6.29 Å². The summed E-state index contributed by atoms with van der Waals surface area (Å²) in [6.45, 7) is 12.2. The molecule has 4 N–H and O–H groups in total. The van der Waals surface area contributed by atoms with Crippen molar-refractivity contribution in [2.75, 3.05) is 13.2 Å². The zero-order valence-corrected chi connectivity index (χ0v) is 25.6. The molecule has 0 aromatic rings. The minimum atomic E-state index is -1.17. The van der Waals surface area contributed by atoms with E-state index in [1.54, 1.807) is 0 Å². The zero-order valence-electron chi connectivity index (χ0n) is 25.6. The van der Waals surface area contributed by atoms with E-state index in [4.69, 9.17) is 0 Å². The van der Waals surface area contributed by atoms with Gasteiger partial charge in [-0.15, -0.1) is 0 Å². The molecular weight excluding hydrogens is 512 g/mol. The lowest BCUT2D eigenvalue weighted by atomic mass is 9.46. The van der Waals surface area contributed by atoms with Crippen LogP contribution in [0.25, 0.3) is 0 Å². The van der Waals surface area contributed by atoms with Gasteiger partial charge in [-0.1, -0.05) is 67.0 Å². The molecule has 0 amide bonds. The minimum Gasteiger partial charge on any atom is -0.396 e. The Morgan fingerprint density at radius 1 is 1.12 bits per heavy atom. The molecule has 3 fully saturated rings. The number of aliphatic hydroxyl groups excluding tert-OH is 3. The maximum absolute atomic E-state index is 12.2. The van der Waals surface area contributed by atoms with Crippen LogP contribution in [0, 0.1) is 34.5 Å². The van der Waals surface area contributed by atoms with Gasteiger partial charge in [-0.2, -0.15) is 0 Å². The molecule has 3 saturated carbocycles. The zero-order chi connectivity index (χ0) is 30.0. The molecule has 4 rings (SSSR count). The van der Waals surface area contributed by atoms with E-state index >= 15 is 0 Å². The van der Waals surface area contributed by atoms with Crippen LogP contribution in [0.3, 0.4) is 0 Å². The fourth-order valence-corrected chi connectivity index (χ4v) is 9.00. The summed E-state index contributed by atoms with van der Waals surface area (Å²) in [6.07, 6.45) is 20.3. The van der Waals surface area contributed by atoms with Crippen LogP contribution >= 0.6 is 0 Å². The number of carbonyl (C=O) groups excluding carboxylic acids is 1. The molecule has 0 heterocycles. The maximum atomic E-state index is 12.2. The van der Waals surface area contributed by atoms with Crippen LogP contribution in [0.15, 0.2) is 70.9 Å². The monoisotopic (exact) mass is 564 g/mol. The van der Waals surface area contributed by atoms with Crippen molar-refractivity contribution in [1.82, 2.24) is 0 Å². The van der Waals surface area contributed by atoms with Crippen LogP contribution in [-0.2, 0) is 4.79 Å². The van der Waals surface area contributed by atoms with Gasteiger partial charge < -0.3 is 20.4 Å². The topological polar surface area (TPSA) is 98.0 Å². The SMILES string of the molecule is C=C(/C=C\C=C(\CO)[C@@H]1CC[C@]2([C@@H]1O)[C@@H]1C(=C(C)C=O)[C@@H](C=C[C@H]1CCO)C[C@@]2(C)O)C1(CC=C(C)C)CCCC1. The van der Waals surface area contributed by atoms with Gasteiger partial charge in [-0.05, 0) is 107 Å². The second-order valence-electron chi connectivity index (χ2n) is 13.8. The van der Waals surface area contributed by atoms with Crippen LogP contribution in [0.5, 0.6) is 0 Å². The van der Waals surface area contributed by atoms with E-state index in [-0.39, 0.29) is 42.3 Å². The van der Waals surface area contributed by atoms with E-state index in [2.05, 4.69) is 44.7 Å². The average molecular weight is 565 g/mol. The Bertz CT molecular complexity index is 1140. The van der Waals surface area contributed by atoms with Gasteiger partial charge in [0.05, 0.1) is 18.3 Å². The molecule has 4 aliphatic carbocycles. The number of rotatable bonds is 10. The first-order chi connectivity index (χ1) is 19.5. The molecule has 0 radical (unpaired) electrons. The quantitative estimate of drug-likeness (QED) is 0.110. The Hall–Kier alpha value is -2.05. The molecule has 5 nitrogen and oxygen atoms in total. The summed E-state index contributed by atoms with van der Waals surface area (Å²) in [5, 5.41) is 44.6. The molecule has 7 atom stereocenters. The van der Waals surface area contributed by atoms with Crippen molar-refractivity contribution in [2.45, 2.75) is 97.2 Å². The van der Waals surface area contributed by atoms with Crippen molar-refractivity contribution in [2.24, 2.45) is 34.5 Å². The van der Waals surface area contributed by atoms with E-state index in [0.717, 1.165) is 42.3 Å². The molecule has 1 spiro atoms. The van der Waals surface area contributed by atoms with Gasteiger partial charge >= 0.3 is 0 Å². The summed E-state index contributed by atoms with van der Waals surface area (Å²) in [7, 11) is 0. The fraction of sp³-hybridized carbons (Fsp3) is 0.639. The fourth-order valence-electron chi connectivity index (χ4n) is 9.00. The van der Waals surface area contributed by atoms with E-state index in [1.165, 1.54) is 18.4 Å². The molecule has 4 aliphatic rings. The number of fused-ring (bicyclic) bond motifs is 3. The largest absolute Gasteiger partial charge is 0.396 e. The molecule has 0 aliphatic heterocycles. The van der Waals surface area contributed by atoms with Gasteiger partial charge in [0, 0.05) is 23.9 Å². The van der Waals surface area contributed by atoms with Gasteiger partial charge in [0.2, 0.25) is 0 Å². The molecule has 0 saturated heterocycles. The van der Waals surface area contributed by atoms with Crippen molar-refractivity contribution in [3.05, 3.63) is 70.9 Å². The second kappa shape index (κ2) is 12.7. The Balaban J connectivity index is 1.66. The highest BCUT2D eigenvalue weighted by atomic mass is 16.3. The van der Waals surface area contributed by atoms with Crippen molar-refractivity contribution in [3.8, 4) is 0 Å². The van der Waals surface area contributed by atoms with Gasteiger partial charge in [-0.3, -0.25) is 4.79 Å². The van der Waals surface area contributed by atoms with Gasteiger partial charge in [-0.25, -0.2) is 0 Å². The lowest BCUT2D eigenvalue weighted by molar-refractivity contribution is -0.181. The first-order valence-electron chi connectivity index (χ1n) is 15.6. The van der Waals surface area contributed by atoms with E-state index in [9.17, 15) is 25.2 Å². The molecular formula is C36H52O5. The summed E-state index contributed by atoms with van der Waals surface area (Å²) in [5.74, 6) is -0.728. The standard InChI is InChI=1S/C36H52O5/c1-24(2)13-18-35(16-6-7-17-35)26(4)9-8-10-29(23-39)30-14-19-36(33(30)40)32-27(15-20-37)11-12-28(21-34(36,5)41)31(32)25(3)22-38/h8-13,22,27-28,30,32-33,37,39-41H,4,6-7,14-21,23H2,1-3,5H3/b9-8-,29-10-,31-25?/t27-,28-,30-,32-,33+,34+,36+/m0/s1. The minimum absolute atomic E-state index is 0.00703. The normalized spacial score (nSPS) is 37.6. The Morgan fingerprint density at radius 2 is 1.83 bits per heavy atom. The summed E-state index contributed by atoms with van der Waals surface area (Å²) < 4.78 is 0. The lowest BCUT2D eigenvalue weighted by Gasteiger charge is -2.60. The highest BCUT2D eigenvalue weighted by molar-refractivity contribution is 5.74. The van der Waals surface area contributed by atoms with Crippen LogP contribution < -0.4 is 0 Å². The molecule has 0 aromatic carbocycles. The molecule has 41 heavy (non-hydrogen) atoms. The van der Waals surface area contributed by atoms with Crippen molar-refractivity contribution < 1.29 is 25.2 Å². The van der Waals surface area contributed by atoms with E-state index in [0.29, 0.717) is 31.3 Å². The summed E-state index contributed by atoms with van der Waals surface area (Å²) in [5.41, 5.74) is 2.87. The van der Waals surface area contributed by atoms with Gasteiger partial charge in [0.1, 0.15) is 6.29 Å². The third-order valence-corrected chi connectivity index (χ3v) is 11.2. The molecule has 5 heteroatoms. The number of hydrogen-bond acceptors (Lipinski definition) is 5. The lowest BCUT2D eigenvalue weighted by Crippen LogP contribution is -2.63. The molecule has 0 unspecified atom stereocenters. The summed E-state index contributed by atoms with van der Waals surface area (Å²) in [4.78, 5) is 12.0. The number of aliphatic hydroxyl groups is 4. The summed E-state index contributed by atoms with van der Waals surface area (Å²) in [6, 6.07) is 0. The second-order valence-corrected chi connectivity index (χ2v) is 13.8. The van der Waals surface area contributed by atoms with Crippen LogP contribution in [-0.4, -0.2) is 51.6 Å². The first kappa shape index (κ1) is 31.9. The van der Waals surface area contributed by atoms with E-state index < -0.39 is 17.1 Å². The molecule has 2 bridgehead atoms. The molecule has 0 aromatic heterocycles. The smallest absolute Gasteiger partial charge is 0.145 e. The molecule has 226 valence electrons. The van der Waals surface area contributed by atoms with Gasteiger partial charge in [0.15, 0.2) is 0 Å². The predicted octanol–water partition coefficient (Wildman–Crippen LogP) is 6.16. The third kappa shape index (κ3) is 5.68. The average Bonchev–Trinajstić information content (AvgIpc) is 3.56. The first-order valence-corrected chi connectivity index (χ1v) is 15.6.